The van der Waals surface area contributed by atoms with Crippen LogP contribution in [0.5, 0.6) is 0 Å². The number of amides is 1. The van der Waals surface area contributed by atoms with E-state index in [0.717, 1.165) is 56.9 Å². The minimum Gasteiger partial charge on any atom is -0.353 e. The molecule has 2 N–H and O–H groups in total. The molecule has 1 saturated heterocycles. The number of nitrogens with one attached hydrogen (secondary N) is 2. The summed E-state index contributed by atoms with van der Waals surface area (Å²) in [7, 11) is 0. The molecule has 1 aliphatic carbocycles. The smallest absolute Gasteiger partial charge is 0.227 e. The van der Waals surface area contributed by atoms with Gasteiger partial charge in [0, 0.05) is 17.8 Å². The van der Waals surface area contributed by atoms with Crippen molar-refractivity contribution in [1.29, 1.82) is 0 Å². The highest BCUT2D eigenvalue weighted by Crippen LogP contribution is 2.34. The third kappa shape index (κ3) is 3.66. The maximum absolute atomic E-state index is 12.7. The molecule has 4 heteroatoms. The van der Waals surface area contributed by atoms with Crippen molar-refractivity contribution in [3.8, 4) is 0 Å². The van der Waals surface area contributed by atoms with Crippen molar-refractivity contribution in [3.05, 3.63) is 0 Å². The lowest BCUT2D eigenvalue weighted by Crippen LogP contribution is -2.52. The zero-order valence-corrected chi connectivity index (χ0v) is 13.2. The van der Waals surface area contributed by atoms with E-state index in [1.807, 2.05) is 11.8 Å². The summed E-state index contributed by atoms with van der Waals surface area (Å²) >= 11 is 1.94. The molecule has 1 saturated carbocycles. The molecule has 1 amide bonds. The second-order valence-corrected chi connectivity index (χ2v) is 7.29. The standard InChI is InChI=1S/C15H28N2OS/c1-3-7-15(8-4-9-16-11-15)14(18)17-12-5-6-13(10-12)19-2/h12-13,16H,3-11H2,1-2H3,(H,17,18). The van der Waals surface area contributed by atoms with E-state index in [4.69, 9.17) is 0 Å². The Kier molecular flexibility index (Phi) is 5.58. The third-order valence-corrected chi connectivity index (χ3v) is 5.83. The van der Waals surface area contributed by atoms with E-state index in [0.29, 0.717) is 11.9 Å². The van der Waals surface area contributed by atoms with Gasteiger partial charge in [-0.25, -0.2) is 0 Å². The Balaban J connectivity index is 1.92. The Bertz CT molecular complexity index is 297. The molecular weight excluding hydrogens is 256 g/mol. The number of hydrogen-bond acceptors (Lipinski definition) is 3. The van der Waals surface area contributed by atoms with Crippen LogP contribution in [0, 0.1) is 5.41 Å². The summed E-state index contributed by atoms with van der Waals surface area (Å²) in [5, 5.41) is 7.51. The number of carbonyl (C=O) groups is 1. The van der Waals surface area contributed by atoms with Crippen LogP contribution in [0.3, 0.4) is 0 Å². The maximum Gasteiger partial charge on any atom is 0.227 e. The highest BCUT2D eigenvalue weighted by Gasteiger charge is 2.40. The average Bonchev–Trinajstić information content (AvgIpc) is 2.88. The summed E-state index contributed by atoms with van der Waals surface area (Å²) in [5.74, 6) is 0.313. The molecule has 0 radical (unpaired) electrons. The van der Waals surface area contributed by atoms with Crippen molar-refractivity contribution in [3.63, 3.8) is 0 Å². The molecule has 3 nitrogen and oxygen atoms in total. The van der Waals surface area contributed by atoms with Gasteiger partial charge < -0.3 is 10.6 Å². The molecular formula is C15H28N2OS. The van der Waals surface area contributed by atoms with Gasteiger partial charge >= 0.3 is 0 Å². The van der Waals surface area contributed by atoms with Gasteiger partial charge in [0.15, 0.2) is 0 Å². The Morgan fingerprint density at radius 2 is 2.32 bits per heavy atom. The first kappa shape index (κ1) is 15.2. The Hall–Kier alpha value is -0.220. The Morgan fingerprint density at radius 3 is 2.89 bits per heavy atom. The number of piperidine rings is 1. The van der Waals surface area contributed by atoms with Crippen molar-refractivity contribution < 1.29 is 4.79 Å². The van der Waals surface area contributed by atoms with Crippen LogP contribution < -0.4 is 10.6 Å². The fraction of sp³-hybridized carbons (Fsp3) is 0.933. The monoisotopic (exact) mass is 284 g/mol. The van der Waals surface area contributed by atoms with Crippen LogP contribution in [-0.4, -0.2) is 36.5 Å². The van der Waals surface area contributed by atoms with Gasteiger partial charge in [-0.3, -0.25) is 4.79 Å². The van der Waals surface area contributed by atoms with Crippen molar-refractivity contribution in [1.82, 2.24) is 10.6 Å². The maximum atomic E-state index is 12.7. The molecule has 0 aromatic rings. The lowest BCUT2D eigenvalue weighted by atomic mass is 9.76. The van der Waals surface area contributed by atoms with Crippen LogP contribution in [0.2, 0.25) is 0 Å². The minimum atomic E-state index is -0.134. The molecule has 0 spiro atoms. The molecule has 1 aliphatic heterocycles. The molecule has 0 aromatic heterocycles. The zero-order chi connectivity index (χ0) is 13.7. The number of rotatable bonds is 5. The van der Waals surface area contributed by atoms with Gasteiger partial charge in [-0.05, 0) is 51.3 Å². The third-order valence-electron chi connectivity index (χ3n) is 4.74. The second kappa shape index (κ2) is 6.98. The van der Waals surface area contributed by atoms with Crippen LogP contribution >= 0.6 is 11.8 Å². The van der Waals surface area contributed by atoms with E-state index in [1.165, 1.54) is 6.42 Å². The molecule has 3 unspecified atom stereocenters. The summed E-state index contributed by atoms with van der Waals surface area (Å²) in [6, 6.07) is 0.417. The Morgan fingerprint density at radius 1 is 1.47 bits per heavy atom. The molecule has 2 rings (SSSR count). The minimum absolute atomic E-state index is 0.134. The quantitative estimate of drug-likeness (QED) is 0.815. The average molecular weight is 284 g/mol. The van der Waals surface area contributed by atoms with Gasteiger partial charge in [0.05, 0.1) is 5.41 Å². The second-order valence-electron chi connectivity index (χ2n) is 6.15. The Labute approximate surface area is 121 Å². The van der Waals surface area contributed by atoms with E-state index in [1.54, 1.807) is 0 Å². The van der Waals surface area contributed by atoms with E-state index in [-0.39, 0.29) is 5.41 Å². The first-order valence-corrected chi connectivity index (χ1v) is 9.03. The number of thioether (sulfide) groups is 1. The van der Waals surface area contributed by atoms with Crippen molar-refractivity contribution in [2.24, 2.45) is 5.41 Å². The molecule has 1 heterocycles. The van der Waals surface area contributed by atoms with Gasteiger partial charge in [0.25, 0.3) is 0 Å². The van der Waals surface area contributed by atoms with Crippen molar-refractivity contribution in [2.75, 3.05) is 19.3 Å². The summed E-state index contributed by atoms with van der Waals surface area (Å²) < 4.78 is 0. The van der Waals surface area contributed by atoms with Gasteiger partial charge in [-0.15, -0.1) is 0 Å². The molecule has 19 heavy (non-hydrogen) atoms. The van der Waals surface area contributed by atoms with E-state index in [9.17, 15) is 4.79 Å². The van der Waals surface area contributed by atoms with E-state index < -0.39 is 0 Å². The van der Waals surface area contributed by atoms with Crippen LogP contribution in [-0.2, 0) is 4.79 Å². The topological polar surface area (TPSA) is 41.1 Å². The zero-order valence-electron chi connectivity index (χ0n) is 12.3. The fourth-order valence-corrected chi connectivity index (χ4v) is 4.39. The number of hydrogen-bond donors (Lipinski definition) is 2. The van der Waals surface area contributed by atoms with Gasteiger partial charge in [0.1, 0.15) is 0 Å². The van der Waals surface area contributed by atoms with E-state index >= 15 is 0 Å². The summed E-state index contributed by atoms with van der Waals surface area (Å²) in [6.07, 6.45) is 10.0. The van der Waals surface area contributed by atoms with Gasteiger partial charge in [0.2, 0.25) is 5.91 Å². The summed E-state index contributed by atoms with van der Waals surface area (Å²) in [5.41, 5.74) is -0.134. The fourth-order valence-electron chi connectivity index (χ4n) is 3.59. The van der Waals surface area contributed by atoms with E-state index in [2.05, 4.69) is 23.8 Å². The van der Waals surface area contributed by atoms with Crippen molar-refractivity contribution in [2.45, 2.75) is 63.2 Å². The van der Waals surface area contributed by atoms with Crippen LogP contribution in [0.15, 0.2) is 0 Å². The highest BCUT2D eigenvalue weighted by atomic mass is 32.2. The molecule has 0 aromatic carbocycles. The molecule has 3 atom stereocenters. The van der Waals surface area contributed by atoms with Crippen LogP contribution in [0.4, 0.5) is 0 Å². The number of carbonyl (C=O) groups excluding carboxylic acids is 1. The normalized spacial score (nSPS) is 35.3. The predicted octanol–water partition coefficient (Wildman–Crippen LogP) is 2.56. The predicted molar refractivity (Wildman–Crippen MR) is 82.5 cm³/mol. The summed E-state index contributed by atoms with van der Waals surface area (Å²) in [6.45, 7) is 4.12. The molecule has 2 aliphatic rings. The van der Waals surface area contributed by atoms with Gasteiger partial charge in [-0.2, -0.15) is 11.8 Å². The first-order chi connectivity index (χ1) is 9.20. The molecule has 0 bridgehead atoms. The van der Waals surface area contributed by atoms with Crippen molar-refractivity contribution >= 4 is 17.7 Å². The molecule has 2 fully saturated rings. The largest absolute Gasteiger partial charge is 0.353 e. The van der Waals surface area contributed by atoms with Crippen LogP contribution in [0.25, 0.3) is 0 Å². The SMILES string of the molecule is CCCC1(C(=O)NC2CCC(SC)C2)CCCNC1. The van der Waals surface area contributed by atoms with Crippen LogP contribution in [0.1, 0.15) is 51.9 Å². The summed E-state index contributed by atoms with van der Waals surface area (Å²) in [4.78, 5) is 12.7. The lowest BCUT2D eigenvalue weighted by Gasteiger charge is -2.37. The van der Waals surface area contributed by atoms with Gasteiger partial charge in [-0.1, -0.05) is 13.3 Å². The highest BCUT2D eigenvalue weighted by molar-refractivity contribution is 7.99. The lowest BCUT2D eigenvalue weighted by molar-refractivity contribution is -0.133. The molecule has 110 valence electrons. The first-order valence-electron chi connectivity index (χ1n) is 7.74.